The molecule has 144 valence electrons. The maximum absolute atomic E-state index is 13.9. The number of hydrogen-bond donors (Lipinski definition) is 1. The molecule has 1 aromatic carbocycles. The van der Waals surface area contributed by atoms with Gasteiger partial charge in [-0.25, -0.2) is 0 Å². The van der Waals surface area contributed by atoms with Crippen LogP contribution in [0.15, 0.2) is 42.0 Å². The van der Waals surface area contributed by atoms with Crippen LogP contribution in [0.25, 0.3) is 0 Å². The van der Waals surface area contributed by atoms with E-state index in [1.165, 1.54) is 11.0 Å². The van der Waals surface area contributed by atoms with Crippen LogP contribution in [0.4, 0.5) is 5.69 Å². The molecule has 4 rings (SSSR count). The molecule has 5 nitrogen and oxygen atoms in total. The number of fused-ring (bicyclic) bond motifs is 3. The average Bonchev–Trinajstić information content (AvgIpc) is 2.86. The minimum Gasteiger partial charge on any atom is -0.375 e. The van der Waals surface area contributed by atoms with Gasteiger partial charge in [-0.15, -0.1) is 6.58 Å². The molecule has 0 spiro atoms. The van der Waals surface area contributed by atoms with Gasteiger partial charge in [0.15, 0.2) is 16.8 Å². The van der Waals surface area contributed by atoms with Crippen LogP contribution in [0, 0.1) is 28.1 Å². The van der Waals surface area contributed by atoms with E-state index in [2.05, 4.69) is 12.6 Å². The molecule has 2 bridgehead atoms. The Hall–Kier alpha value is -2.42. The summed E-state index contributed by atoms with van der Waals surface area (Å²) in [6.45, 7) is 8.92. The van der Waals surface area contributed by atoms with E-state index in [4.69, 9.17) is 11.6 Å². The number of carbonyl (C=O) groups excluding carboxylic acids is 2. The Kier molecular flexibility index (Phi) is 3.47. The van der Waals surface area contributed by atoms with Gasteiger partial charge in [0.1, 0.15) is 0 Å². The van der Waals surface area contributed by atoms with E-state index in [-0.39, 0.29) is 5.78 Å². The van der Waals surface area contributed by atoms with Crippen molar-refractivity contribution in [2.45, 2.75) is 31.8 Å². The number of rotatable bonds is 1. The number of carbonyl (C=O) groups is 2. The van der Waals surface area contributed by atoms with Gasteiger partial charge in [0.05, 0.1) is 17.2 Å². The van der Waals surface area contributed by atoms with Crippen LogP contribution < -0.4 is 4.90 Å². The second kappa shape index (κ2) is 5.14. The first-order chi connectivity index (χ1) is 13.0. The number of amides is 1. The zero-order valence-electron chi connectivity index (χ0n) is 16.2. The highest BCUT2D eigenvalue weighted by Gasteiger charge is 2.72. The van der Waals surface area contributed by atoms with Crippen molar-refractivity contribution >= 4 is 29.0 Å². The summed E-state index contributed by atoms with van der Waals surface area (Å²) in [4.78, 5) is 28.6. The topological polar surface area (TPSA) is 81.4 Å². The third kappa shape index (κ3) is 1.57. The van der Waals surface area contributed by atoms with Gasteiger partial charge in [-0.1, -0.05) is 49.7 Å². The molecule has 0 unspecified atom stereocenters. The Morgan fingerprint density at radius 1 is 1.32 bits per heavy atom. The van der Waals surface area contributed by atoms with Crippen LogP contribution in [0.1, 0.15) is 31.9 Å². The fraction of sp³-hybridized carbons (Fsp3) is 0.409. The Morgan fingerprint density at radius 2 is 1.96 bits per heavy atom. The Labute approximate surface area is 168 Å². The first-order valence-corrected chi connectivity index (χ1v) is 9.46. The molecule has 6 heteroatoms. The van der Waals surface area contributed by atoms with Gasteiger partial charge < -0.3 is 10.0 Å². The van der Waals surface area contributed by atoms with E-state index in [0.717, 1.165) is 0 Å². The van der Waals surface area contributed by atoms with Gasteiger partial charge >= 0.3 is 0 Å². The van der Waals surface area contributed by atoms with Gasteiger partial charge in [-0.3, -0.25) is 9.59 Å². The van der Waals surface area contributed by atoms with Crippen molar-refractivity contribution in [3.05, 3.63) is 53.1 Å². The molecule has 2 aliphatic carbocycles. The van der Waals surface area contributed by atoms with E-state index < -0.39 is 33.7 Å². The van der Waals surface area contributed by atoms with Crippen molar-refractivity contribution in [2.75, 3.05) is 11.9 Å². The zero-order chi connectivity index (χ0) is 20.9. The second-order valence-electron chi connectivity index (χ2n) is 8.62. The SMILES string of the molecule is C=C[C@]1(C)C(Cl)=C[C@H]2C(=O)[C@]1(C#N)c1cccc3c1[C@](O)(C(=O)N3C)C2(C)C. The highest BCUT2D eigenvalue weighted by atomic mass is 35.5. The Balaban J connectivity index is 2.31. The van der Waals surface area contributed by atoms with Gasteiger partial charge in [0.2, 0.25) is 0 Å². The van der Waals surface area contributed by atoms with E-state index in [1.54, 1.807) is 52.1 Å². The predicted molar refractivity (Wildman–Crippen MR) is 106 cm³/mol. The smallest absolute Gasteiger partial charge is 0.264 e. The number of likely N-dealkylation sites (N-methyl/N-ethyl adjacent to an activating group) is 1. The molecule has 4 atom stereocenters. The summed E-state index contributed by atoms with van der Waals surface area (Å²) in [6, 6.07) is 7.30. The molecule has 1 N–H and O–H groups in total. The van der Waals surface area contributed by atoms with Crippen molar-refractivity contribution < 1.29 is 14.7 Å². The van der Waals surface area contributed by atoms with Crippen LogP contribution in [-0.4, -0.2) is 23.8 Å². The number of nitriles is 1. The van der Waals surface area contributed by atoms with Crippen LogP contribution >= 0.6 is 11.6 Å². The second-order valence-corrected chi connectivity index (χ2v) is 9.03. The number of anilines is 1. The summed E-state index contributed by atoms with van der Waals surface area (Å²) in [5, 5.41) is 22.6. The summed E-state index contributed by atoms with van der Waals surface area (Å²) >= 11 is 6.65. The van der Waals surface area contributed by atoms with Crippen molar-refractivity contribution in [1.29, 1.82) is 5.26 Å². The van der Waals surface area contributed by atoms with Gasteiger partial charge in [-0.05, 0) is 18.6 Å². The lowest BCUT2D eigenvalue weighted by molar-refractivity contribution is -0.157. The molecule has 0 saturated heterocycles. The molecule has 0 radical (unpaired) electrons. The molecule has 1 amide bonds. The molecular weight excluding hydrogens is 376 g/mol. The van der Waals surface area contributed by atoms with Gasteiger partial charge in [0, 0.05) is 29.0 Å². The summed E-state index contributed by atoms with van der Waals surface area (Å²) in [5.41, 5.74) is -4.96. The number of benzene rings is 1. The number of allylic oxidation sites excluding steroid dienone is 3. The monoisotopic (exact) mass is 396 g/mol. The van der Waals surface area contributed by atoms with Crippen LogP contribution in [-0.2, 0) is 20.6 Å². The third-order valence-electron chi connectivity index (χ3n) is 7.31. The lowest BCUT2D eigenvalue weighted by Crippen LogP contribution is -2.57. The zero-order valence-corrected chi connectivity index (χ0v) is 17.0. The predicted octanol–water partition coefficient (Wildman–Crippen LogP) is 3.17. The van der Waals surface area contributed by atoms with E-state index in [0.29, 0.717) is 21.8 Å². The van der Waals surface area contributed by atoms with Gasteiger partial charge in [-0.2, -0.15) is 5.26 Å². The average molecular weight is 397 g/mol. The van der Waals surface area contributed by atoms with E-state index >= 15 is 0 Å². The quantitative estimate of drug-likeness (QED) is 0.739. The fourth-order valence-corrected chi connectivity index (χ4v) is 5.63. The van der Waals surface area contributed by atoms with Crippen LogP contribution in [0.3, 0.4) is 0 Å². The Bertz CT molecular complexity index is 1050. The molecule has 28 heavy (non-hydrogen) atoms. The number of aliphatic hydroxyl groups is 1. The maximum Gasteiger partial charge on any atom is 0.264 e. The molecule has 0 aromatic heterocycles. The molecule has 3 aliphatic rings. The molecular formula is C22H21ClN2O3. The molecule has 1 aliphatic heterocycles. The van der Waals surface area contributed by atoms with Crippen LogP contribution in [0.5, 0.6) is 0 Å². The molecule has 1 aromatic rings. The first kappa shape index (κ1) is 18.9. The van der Waals surface area contributed by atoms with Crippen LogP contribution in [0.2, 0.25) is 0 Å². The molecule has 1 heterocycles. The van der Waals surface area contributed by atoms with Crippen molar-refractivity contribution in [1.82, 2.24) is 0 Å². The largest absolute Gasteiger partial charge is 0.375 e. The number of Topliss-reactive ketones (excluding diaryl/α,β-unsaturated/α-hetero) is 1. The lowest BCUT2D eigenvalue weighted by Gasteiger charge is -2.48. The van der Waals surface area contributed by atoms with E-state index in [1.807, 2.05) is 0 Å². The number of hydrogen-bond acceptors (Lipinski definition) is 4. The Morgan fingerprint density at radius 3 is 2.54 bits per heavy atom. The molecule has 0 fully saturated rings. The minimum atomic E-state index is -1.97. The first-order valence-electron chi connectivity index (χ1n) is 9.08. The van der Waals surface area contributed by atoms with Crippen molar-refractivity contribution in [3.8, 4) is 6.07 Å². The minimum absolute atomic E-state index is 0.309. The van der Waals surface area contributed by atoms with Gasteiger partial charge in [0.25, 0.3) is 5.91 Å². The summed E-state index contributed by atoms with van der Waals surface area (Å²) < 4.78 is 0. The molecule has 0 saturated carbocycles. The van der Waals surface area contributed by atoms with Crippen molar-refractivity contribution in [3.63, 3.8) is 0 Å². The fourth-order valence-electron chi connectivity index (χ4n) is 5.29. The number of nitrogens with zero attached hydrogens (tertiary/aromatic N) is 2. The standard InChI is InChI=1S/C22H21ClN2O3/c1-6-20(4)15(23)10-13-17(26)21(20,11-24)12-8-7-9-14-16(12)22(28,19(13,2)3)18(27)25(14)5/h6-10,13,28H,1H2,2-5H3/t13-,20+,21-,22-/m0/s1. The summed E-state index contributed by atoms with van der Waals surface area (Å²) in [6.07, 6.45) is 3.09. The van der Waals surface area contributed by atoms with Crippen molar-refractivity contribution in [2.24, 2.45) is 16.7 Å². The number of ketones is 1. The van der Waals surface area contributed by atoms with E-state index in [9.17, 15) is 20.0 Å². The maximum atomic E-state index is 13.9. The summed E-state index contributed by atoms with van der Waals surface area (Å²) in [5.74, 6) is -1.81. The summed E-state index contributed by atoms with van der Waals surface area (Å²) in [7, 11) is 1.59. The third-order valence-corrected chi connectivity index (χ3v) is 7.83. The highest BCUT2D eigenvalue weighted by molar-refractivity contribution is 6.32. The highest BCUT2D eigenvalue weighted by Crippen LogP contribution is 2.66. The number of halogens is 1. The lowest BCUT2D eigenvalue weighted by atomic mass is 9.53. The normalized spacial score (nSPS) is 37.7.